The average Bonchev–Trinajstić information content (AvgIpc) is 2.27. The number of aliphatic hydroxyl groups is 1. The Morgan fingerprint density at radius 3 is 2.39 bits per heavy atom. The number of sulfone groups is 1. The summed E-state index contributed by atoms with van der Waals surface area (Å²) in [7, 11) is -2.99. The Kier molecular flexibility index (Phi) is 5.78. The van der Waals surface area contributed by atoms with Crippen LogP contribution in [0.4, 0.5) is 0 Å². The van der Waals surface area contributed by atoms with Gasteiger partial charge >= 0.3 is 0 Å². The summed E-state index contributed by atoms with van der Waals surface area (Å²) in [6, 6.07) is 9.53. The molecule has 0 aromatic heterocycles. The van der Waals surface area contributed by atoms with E-state index in [1.165, 1.54) is 6.26 Å². The second-order valence-electron chi connectivity index (χ2n) is 4.73. The van der Waals surface area contributed by atoms with Gasteiger partial charge in [-0.15, -0.1) is 0 Å². The maximum Gasteiger partial charge on any atom is 0.148 e. The van der Waals surface area contributed by atoms with Crippen LogP contribution < -0.4 is 5.32 Å². The van der Waals surface area contributed by atoms with E-state index in [-0.39, 0.29) is 24.4 Å². The highest BCUT2D eigenvalue weighted by Gasteiger charge is 2.15. The quantitative estimate of drug-likeness (QED) is 0.762. The van der Waals surface area contributed by atoms with Gasteiger partial charge in [-0.25, -0.2) is 8.42 Å². The van der Waals surface area contributed by atoms with E-state index in [0.717, 1.165) is 5.56 Å². The third-order valence-corrected chi connectivity index (χ3v) is 3.72. The van der Waals surface area contributed by atoms with Crippen molar-refractivity contribution in [2.45, 2.75) is 25.4 Å². The molecule has 0 saturated carbocycles. The molecule has 5 heteroatoms. The Balaban J connectivity index is 2.52. The summed E-state index contributed by atoms with van der Waals surface area (Å²) in [5.74, 6) is 0.0816. The lowest BCUT2D eigenvalue weighted by molar-refractivity contribution is 0.235. The standard InChI is InChI=1S/C13H21NO3S/c1-11(10-18(2,16)17)14-13(9-15)8-12-6-4-3-5-7-12/h3-7,11,13-15H,8-10H2,1-2H3/t11?,13-/m1/s1. The Labute approximate surface area is 109 Å². The maximum atomic E-state index is 11.2. The first kappa shape index (κ1) is 15.1. The minimum absolute atomic E-state index is 0.0109. The monoisotopic (exact) mass is 271 g/mol. The lowest BCUT2D eigenvalue weighted by atomic mass is 10.1. The van der Waals surface area contributed by atoms with Gasteiger partial charge in [0.05, 0.1) is 12.4 Å². The zero-order valence-electron chi connectivity index (χ0n) is 10.8. The fourth-order valence-electron chi connectivity index (χ4n) is 1.98. The largest absolute Gasteiger partial charge is 0.395 e. The van der Waals surface area contributed by atoms with Crippen LogP contribution in [0, 0.1) is 0 Å². The van der Waals surface area contributed by atoms with Crippen LogP contribution in [0.3, 0.4) is 0 Å². The number of nitrogens with one attached hydrogen (secondary N) is 1. The molecule has 0 saturated heterocycles. The second-order valence-corrected chi connectivity index (χ2v) is 6.91. The summed E-state index contributed by atoms with van der Waals surface area (Å²) in [5.41, 5.74) is 1.12. The molecular formula is C13H21NO3S. The number of benzene rings is 1. The summed E-state index contributed by atoms with van der Waals surface area (Å²) in [6.45, 7) is 1.80. The van der Waals surface area contributed by atoms with Gasteiger partial charge in [-0.3, -0.25) is 0 Å². The molecule has 0 aliphatic carbocycles. The van der Waals surface area contributed by atoms with Crippen molar-refractivity contribution >= 4 is 9.84 Å². The average molecular weight is 271 g/mol. The van der Waals surface area contributed by atoms with Crippen molar-refractivity contribution in [1.82, 2.24) is 5.32 Å². The molecule has 102 valence electrons. The molecule has 0 aliphatic rings. The summed E-state index contributed by atoms with van der Waals surface area (Å²) in [6.07, 6.45) is 1.90. The lowest BCUT2D eigenvalue weighted by Crippen LogP contribution is -2.43. The highest BCUT2D eigenvalue weighted by Crippen LogP contribution is 2.04. The maximum absolute atomic E-state index is 11.2. The first-order chi connectivity index (χ1) is 8.40. The van der Waals surface area contributed by atoms with Crippen LogP contribution in [0.15, 0.2) is 30.3 Å². The molecule has 2 N–H and O–H groups in total. The molecule has 0 heterocycles. The van der Waals surface area contributed by atoms with Crippen LogP contribution in [0.5, 0.6) is 0 Å². The van der Waals surface area contributed by atoms with Gasteiger partial charge in [-0.1, -0.05) is 30.3 Å². The van der Waals surface area contributed by atoms with E-state index in [2.05, 4.69) is 5.32 Å². The molecule has 0 spiro atoms. The van der Waals surface area contributed by atoms with E-state index in [1.807, 2.05) is 37.3 Å². The van der Waals surface area contributed by atoms with E-state index < -0.39 is 9.84 Å². The van der Waals surface area contributed by atoms with Gasteiger partial charge in [-0.2, -0.15) is 0 Å². The van der Waals surface area contributed by atoms with Crippen LogP contribution in [0.25, 0.3) is 0 Å². The number of aliphatic hydroxyl groups excluding tert-OH is 1. The van der Waals surface area contributed by atoms with Crippen LogP contribution in [-0.4, -0.2) is 44.2 Å². The number of rotatable bonds is 7. The van der Waals surface area contributed by atoms with Crippen molar-refractivity contribution in [3.8, 4) is 0 Å². The van der Waals surface area contributed by atoms with Gasteiger partial charge in [0, 0.05) is 18.3 Å². The molecule has 0 amide bonds. The minimum atomic E-state index is -2.99. The van der Waals surface area contributed by atoms with Gasteiger partial charge in [0.25, 0.3) is 0 Å². The van der Waals surface area contributed by atoms with Crippen molar-refractivity contribution < 1.29 is 13.5 Å². The first-order valence-electron chi connectivity index (χ1n) is 5.99. The van der Waals surface area contributed by atoms with Gasteiger partial charge in [0.1, 0.15) is 9.84 Å². The van der Waals surface area contributed by atoms with Gasteiger partial charge in [-0.05, 0) is 18.9 Å². The number of hydrogen-bond acceptors (Lipinski definition) is 4. The second kappa shape index (κ2) is 6.87. The molecule has 1 aromatic rings. The predicted molar refractivity (Wildman–Crippen MR) is 73.3 cm³/mol. The van der Waals surface area contributed by atoms with Crippen LogP contribution in [-0.2, 0) is 16.3 Å². The Hall–Kier alpha value is -0.910. The minimum Gasteiger partial charge on any atom is -0.395 e. The summed E-state index contributed by atoms with van der Waals surface area (Å²) >= 11 is 0. The summed E-state index contributed by atoms with van der Waals surface area (Å²) in [5, 5.41) is 12.5. The fourth-order valence-corrected chi connectivity index (χ4v) is 2.98. The molecule has 0 aliphatic heterocycles. The van der Waals surface area contributed by atoms with Crippen molar-refractivity contribution in [2.24, 2.45) is 0 Å². The predicted octanol–water partition coefficient (Wildman–Crippen LogP) is 0.613. The third-order valence-electron chi connectivity index (χ3n) is 2.62. The summed E-state index contributed by atoms with van der Waals surface area (Å²) in [4.78, 5) is 0. The van der Waals surface area contributed by atoms with Gasteiger partial charge < -0.3 is 10.4 Å². The van der Waals surface area contributed by atoms with E-state index in [0.29, 0.717) is 6.42 Å². The molecule has 2 atom stereocenters. The van der Waals surface area contributed by atoms with Crippen molar-refractivity contribution in [3.05, 3.63) is 35.9 Å². The third kappa shape index (κ3) is 6.14. The molecule has 4 nitrogen and oxygen atoms in total. The Morgan fingerprint density at radius 2 is 1.89 bits per heavy atom. The zero-order valence-corrected chi connectivity index (χ0v) is 11.7. The molecule has 1 aromatic carbocycles. The lowest BCUT2D eigenvalue weighted by Gasteiger charge is -2.21. The highest BCUT2D eigenvalue weighted by molar-refractivity contribution is 7.90. The fraction of sp³-hybridized carbons (Fsp3) is 0.538. The molecule has 1 unspecified atom stereocenters. The highest BCUT2D eigenvalue weighted by atomic mass is 32.2. The van der Waals surface area contributed by atoms with Crippen LogP contribution in [0.2, 0.25) is 0 Å². The normalized spacial score (nSPS) is 15.3. The first-order valence-corrected chi connectivity index (χ1v) is 8.05. The molecule has 18 heavy (non-hydrogen) atoms. The Bertz CT molecular complexity index is 445. The van der Waals surface area contributed by atoms with Crippen molar-refractivity contribution in [2.75, 3.05) is 18.6 Å². The van der Waals surface area contributed by atoms with Gasteiger partial charge in [0.15, 0.2) is 0 Å². The number of hydrogen-bond donors (Lipinski definition) is 2. The molecule has 0 bridgehead atoms. The zero-order chi connectivity index (χ0) is 13.6. The van der Waals surface area contributed by atoms with Crippen LogP contribution >= 0.6 is 0 Å². The molecule has 0 radical (unpaired) electrons. The van der Waals surface area contributed by atoms with E-state index in [1.54, 1.807) is 0 Å². The summed E-state index contributed by atoms with van der Waals surface area (Å²) < 4.78 is 22.3. The van der Waals surface area contributed by atoms with E-state index >= 15 is 0 Å². The van der Waals surface area contributed by atoms with Crippen molar-refractivity contribution in [1.29, 1.82) is 0 Å². The van der Waals surface area contributed by atoms with E-state index in [4.69, 9.17) is 0 Å². The van der Waals surface area contributed by atoms with Crippen molar-refractivity contribution in [3.63, 3.8) is 0 Å². The van der Waals surface area contributed by atoms with Crippen LogP contribution in [0.1, 0.15) is 12.5 Å². The van der Waals surface area contributed by atoms with Gasteiger partial charge in [0.2, 0.25) is 0 Å². The Morgan fingerprint density at radius 1 is 1.28 bits per heavy atom. The topological polar surface area (TPSA) is 66.4 Å². The molecule has 1 rings (SSSR count). The molecule has 0 fully saturated rings. The smallest absolute Gasteiger partial charge is 0.148 e. The molecular weight excluding hydrogens is 250 g/mol. The SMILES string of the molecule is CC(CS(C)(=O)=O)N[C@@H](CO)Cc1ccccc1. The van der Waals surface area contributed by atoms with E-state index in [9.17, 15) is 13.5 Å².